The zero-order valence-corrected chi connectivity index (χ0v) is 10.3. The van der Waals surface area contributed by atoms with Crippen molar-refractivity contribution in [3.05, 3.63) is 12.7 Å². The fraction of sp³-hybridized carbons (Fsp3) is 0.769. The normalized spacial score (nSPS) is 24.1. The molecule has 0 N–H and O–H groups in total. The van der Waals surface area contributed by atoms with E-state index in [4.69, 9.17) is 9.47 Å². The third-order valence-electron chi connectivity index (χ3n) is 3.62. The summed E-state index contributed by atoms with van der Waals surface area (Å²) >= 11 is 0. The van der Waals surface area contributed by atoms with Gasteiger partial charge in [-0.3, -0.25) is 0 Å². The van der Waals surface area contributed by atoms with Gasteiger partial charge in [0.05, 0.1) is 13.2 Å². The average Bonchev–Trinajstić information content (AvgIpc) is 2.41. The van der Waals surface area contributed by atoms with Crippen molar-refractivity contribution in [2.75, 3.05) is 26.3 Å². The maximum atomic E-state index is 12.0. The molecule has 0 aromatic carbocycles. The highest BCUT2D eigenvalue weighted by Gasteiger charge is 2.35. The maximum absolute atomic E-state index is 12.0. The molecule has 0 aromatic rings. The van der Waals surface area contributed by atoms with E-state index in [1.807, 2.05) is 4.90 Å². The van der Waals surface area contributed by atoms with E-state index in [0.29, 0.717) is 13.2 Å². The number of amides is 1. The number of hydrogen-bond acceptors (Lipinski definition) is 3. The first-order valence-electron chi connectivity index (χ1n) is 6.45. The van der Waals surface area contributed by atoms with Crippen molar-refractivity contribution in [3.63, 3.8) is 0 Å². The van der Waals surface area contributed by atoms with E-state index in [0.717, 1.165) is 38.8 Å². The third kappa shape index (κ3) is 3.00. The first-order chi connectivity index (χ1) is 8.26. The van der Waals surface area contributed by atoms with Crippen molar-refractivity contribution >= 4 is 6.09 Å². The van der Waals surface area contributed by atoms with Crippen LogP contribution in [0.2, 0.25) is 0 Å². The number of likely N-dealkylation sites (tertiary alicyclic amines) is 1. The fourth-order valence-electron chi connectivity index (χ4n) is 2.38. The van der Waals surface area contributed by atoms with Crippen LogP contribution in [-0.2, 0) is 9.47 Å². The second kappa shape index (κ2) is 5.54. The van der Waals surface area contributed by atoms with Crippen LogP contribution in [0.5, 0.6) is 0 Å². The number of carbonyl (C=O) groups is 1. The van der Waals surface area contributed by atoms with Crippen LogP contribution in [0.15, 0.2) is 12.7 Å². The fourth-order valence-corrected chi connectivity index (χ4v) is 2.38. The van der Waals surface area contributed by atoms with Gasteiger partial charge in [0.15, 0.2) is 0 Å². The van der Waals surface area contributed by atoms with Gasteiger partial charge in [0.2, 0.25) is 0 Å². The van der Waals surface area contributed by atoms with Gasteiger partial charge in [-0.1, -0.05) is 6.58 Å². The minimum absolute atomic E-state index is 0.188. The molecule has 2 heterocycles. The Morgan fingerprint density at radius 3 is 2.47 bits per heavy atom. The minimum atomic E-state index is -0.507. The van der Waals surface area contributed by atoms with Crippen molar-refractivity contribution in [3.8, 4) is 0 Å². The summed E-state index contributed by atoms with van der Waals surface area (Å²) in [7, 11) is 0. The maximum Gasteiger partial charge on any atom is 0.410 e. The molecule has 0 aliphatic carbocycles. The molecule has 4 heteroatoms. The van der Waals surface area contributed by atoms with Gasteiger partial charge in [-0.2, -0.15) is 0 Å². The van der Waals surface area contributed by atoms with Crippen molar-refractivity contribution in [2.45, 2.75) is 37.7 Å². The molecule has 2 saturated heterocycles. The molecule has 0 saturated carbocycles. The number of ether oxygens (including phenoxy) is 2. The minimum Gasteiger partial charge on any atom is -0.438 e. The monoisotopic (exact) mass is 239 g/mol. The molecule has 0 aromatic heterocycles. The first kappa shape index (κ1) is 12.4. The van der Waals surface area contributed by atoms with Gasteiger partial charge >= 0.3 is 6.09 Å². The van der Waals surface area contributed by atoms with E-state index in [2.05, 4.69) is 6.58 Å². The van der Waals surface area contributed by atoms with E-state index in [1.165, 1.54) is 6.42 Å². The van der Waals surface area contributed by atoms with Crippen LogP contribution in [0, 0.1) is 0 Å². The zero-order chi connectivity index (χ0) is 12.1. The summed E-state index contributed by atoms with van der Waals surface area (Å²) in [6.45, 7) is 6.72. The standard InChI is InChI=1S/C13H21NO3/c1-2-13(6-10-16-11-7-13)17-12(15)14-8-4-3-5-9-14/h2H,1,3-11H2. The molecule has 0 unspecified atom stereocenters. The summed E-state index contributed by atoms with van der Waals surface area (Å²) in [5.74, 6) is 0. The van der Waals surface area contributed by atoms with E-state index in [9.17, 15) is 4.79 Å². The summed E-state index contributed by atoms with van der Waals surface area (Å²) in [4.78, 5) is 13.9. The van der Waals surface area contributed by atoms with Gasteiger partial charge in [-0.15, -0.1) is 0 Å². The first-order valence-corrected chi connectivity index (χ1v) is 6.45. The van der Waals surface area contributed by atoms with E-state index in [1.54, 1.807) is 6.08 Å². The lowest BCUT2D eigenvalue weighted by Crippen LogP contribution is -2.44. The van der Waals surface area contributed by atoms with Gasteiger partial charge in [0.25, 0.3) is 0 Å². The van der Waals surface area contributed by atoms with Crippen LogP contribution >= 0.6 is 0 Å². The summed E-state index contributed by atoms with van der Waals surface area (Å²) in [6.07, 6.45) is 6.39. The molecule has 2 fully saturated rings. The number of rotatable bonds is 2. The molecule has 1 amide bonds. The highest BCUT2D eigenvalue weighted by molar-refractivity contribution is 5.68. The predicted molar refractivity (Wildman–Crippen MR) is 64.9 cm³/mol. The Hall–Kier alpha value is -1.03. The Labute approximate surface area is 103 Å². The molecule has 2 aliphatic rings. The molecule has 0 bridgehead atoms. The lowest BCUT2D eigenvalue weighted by Gasteiger charge is -2.36. The van der Waals surface area contributed by atoms with Crippen molar-refractivity contribution in [1.29, 1.82) is 0 Å². The summed E-state index contributed by atoms with van der Waals surface area (Å²) in [6, 6.07) is 0. The molecule has 96 valence electrons. The van der Waals surface area contributed by atoms with Crippen molar-refractivity contribution in [1.82, 2.24) is 4.90 Å². The van der Waals surface area contributed by atoms with Crippen molar-refractivity contribution < 1.29 is 14.3 Å². The second-order valence-electron chi connectivity index (χ2n) is 4.80. The molecule has 2 aliphatic heterocycles. The molecule has 0 atom stereocenters. The van der Waals surface area contributed by atoms with Crippen LogP contribution in [-0.4, -0.2) is 42.9 Å². The molecule has 4 nitrogen and oxygen atoms in total. The smallest absolute Gasteiger partial charge is 0.410 e. The average molecular weight is 239 g/mol. The topological polar surface area (TPSA) is 38.8 Å². The summed E-state index contributed by atoms with van der Waals surface area (Å²) < 4.78 is 11.0. The largest absolute Gasteiger partial charge is 0.438 e. The van der Waals surface area contributed by atoms with E-state index in [-0.39, 0.29) is 6.09 Å². The van der Waals surface area contributed by atoms with Crippen LogP contribution in [0.3, 0.4) is 0 Å². The molecule has 17 heavy (non-hydrogen) atoms. The Balaban J connectivity index is 1.92. The molecular weight excluding hydrogens is 218 g/mol. The number of nitrogens with zero attached hydrogens (tertiary/aromatic N) is 1. The summed E-state index contributed by atoms with van der Waals surface area (Å²) in [5.41, 5.74) is -0.507. The SMILES string of the molecule is C=CC1(OC(=O)N2CCCCC2)CCOCC1. The Morgan fingerprint density at radius 1 is 1.24 bits per heavy atom. The highest BCUT2D eigenvalue weighted by atomic mass is 16.6. The molecule has 2 rings (SSSR count). The van der Waals surface area contributed by atoms with Crippen LogP contribution < -0.4 is 0 Å². The Kier molecular flexibility index (Phi) is 4.05. The van der Waals surface area contributed by atoms with E-state index < -0.39 is 5.60 Å². The lowest BCUT2D eigenvalue weighted by molar-refractivity contribution is -0.0533. The molecule has 0 spiro atoms. The summed E-state index contributed by atoms with van der Waals surface area (Å²) in [5, 5.41) is 0. The molecular formula is C13H21NO3. The highest BCUT2D eigenvalue weighted by Crippen LogP contribution is 2.27. The van der Waals surface area contributed by atoms with Crippen LogP contribution in [0.25, 0.3) is 0 Å². The zero-order valence-electron chi connectivity index (χ0n) is 10.3. The van der Waals surface area contributed by atoms with Gasteiger partial charge in [-0.05, 0) is 25.3 Å². The van der Waals surface area contributed by atoms with Crippen molar-refractivity contribution in [2.24, 2.45) is 0 Å². The Morgan fingerprint density at radius 2 is 1.88 bits per heavy atom. The van der Waals surface area contributed by atoms with Gasteiger partial charge < -0.3 is 14.4 Å². The van der Waals surface area contributed by atoms with Gasteiger partial charge in [-0.25, -0.2) is 4.79 Å². The molecule has 0 radical (unpaired) electrons. The quantitative estimate of drug-likeness (QED) is 0.694. The predicted octanol–water partition coefficient (Wildman–Crippen LogP) is 2.34. The Bertz CT molecular complexity index is 278. The number of hydrogen-bond donors (Lipinski definition) is 0. The number of carbonyl (C=O) groups excluding carboxylic acids is 1. The second-order valence-corrected chi connectivity index (χ2v) is 4.80. The van der Waals surface area contributed by atoms with Gasteiger partial charge in [0, 0.05) is 25.9 Å². The van der Waals surface area contributed by atoms with Crippen LogP contribution in [0.4, 0.5) is 4.79 Å². The lowest BCUT2D eigenvalue weighted by atomic mass is 9.94. The van der Waals surface area contributed by atoms with E-state index >= 15 is 0 Å². The third-order valence-corrected chi connectivity index (χ3v) is 3.62. The van der Waals surface area contributed by atoms with Gasteiger partial charge in [0.1, 0.15) is 5.60 Å². The number of piperidine rings is 1. The van der Waals surface area contributed by atoms with Crippen LogP contribution in [0.1, 0.15) is 32.1 Å².